The Morgan fingerprint density at radius 2 is 2.17 bits per heavy atom. The van der Waals surface area contributed by atoms with Gasteiger partial charge < -0.3 is 16.2 Å². The summed E-state index contributed by atoms with van der Waals surface area (Å²) in [5, 5.41) is 2.42. The fourth-order valence-corrected chi connectivity index (χ4v) is 2.13. The highest BCUT2D eigenvalue weighted by Gasteiger charge is 2.08. The molecular formula is C12H13N3O2S. The van der Waals surface area contributed by atoms with Gasteiger partial charge in [0.05, 0.1) is 12.3 Å². The van der Waals surface area contributed by atoms with Crippen LogP contribution in [0.3, 0.4) is 0 Å². The monoisotopic (exact) mass is 263 g/mol. The van der Waals surface area contributed by atoms with Crippen LogP contribution in [-0.4, -0.2) is 17.5 Å². The lowest BCUT2D eigenvalue weighted by Crippen LogP contribution is -2.18. The fraction of sp³-hybridized carbons (Fsp3) is 0.167. The molecular weight excluding hydrogens is 250 g/mol. The van der Waals surface area contributed by atoms with Crippen molar-refractivity contribution in [3.8, 4) is 11.3 Å². The van der Waals surface area contributed by atoms with E-state index in [9.17, 15) is 4.79 Å². The van der Waals surface area contributed by atoms with Gasteiger partial charge >= 0.3 is 0 Å². The summed E-state index contributed by atoms with van der Waals surface area (Å²) in [7, 11) is 0. The second-order valence-electron chi connectivity index (χ2n) is 3.69. The Kier molecular flexibility index (Phi) is 3.91. The molecule has 5 nitrogen and oxygen atoms in total. The van der Waals surface area contributed by atoms with Gasteiger partial charge in [0.1, 0.15) is 6.61 Å². The molecule has 1 aromatic heterocycles. The Bertz CT molecular complexity index is 554. The zero-order valence-corrected chi connectivity index (χ0v) is 10.4. The van der Waals surface area contributed by atoms with Crippen LogP contribution in [0.2, 0.25) is 0 Å². The molecule has 0 aliphatic heterocycles. The number of benzene rings is 1. The van der Waals surface area contributed by atoms with Gasteiger partial charge in [0, 0.05) is 10.9 Å². The minimum absolute atomic E-state index is 0.0897. The van der Waals surface area contributed by atoms with Crippen LogP contribution in [0.5, 0.6) is 0 Å². The van der Waals surface area contributed by atoms with Crippen molar-refractivity contribution in [1.82, 2.24) is 4.98 Å². The fourth-order valence-electron chi connectivity index (χ4n) is 1.57. The van der Waals surface area contributed by atoms with E-state index in [0.29, 0.717) is 11.7 Å². The first-order valence-electron chi connectivity index (χ1n) is 5.32. The quantitative estimate of drug-likeness (QED) is 0.852. The number of nitrogen functional groups attached to an aromatic ring is 1. The van der Waals surface area contributed by atoms with E-state index in [0.717, 1.165) is 16.8 Å². The number of nitrogens with zero attached hydrogens (tertiary/aromatic N) is 1. The van der Waals surface area contributed by atoms with Crippen molar-refractivity contribution < 1.29 is 9.53 Å². The second kappa shape index (κ2) is 5.61. The van der Waals surface area contributed by atoms with Gasteiger partial charge in [0.2, 0.25) is 5.91 Å². The number of aromatic nitrogens is 1. The summed E-state index contributed by atoms with van der Waals surface area (Å²) in [6.07, 6.45) is 0. The Hall–Kier alpha value is -1.92. The zero-order chi connectivity index (χ0) is 13.0. The molecule has 2 rings (SSSR count). The molecule has 0 saturated heterocycles. The largest absolute Gasteiger partial charge is 0.375 e. The molecule has 1 amide bonds. The number of carbonyl (C=O) groups is 1. The van der Waals surface area contributed by atoms with Crippen LogP contribution in [0.4, 0.5) is 5.13 Å². The van der Waals surface area contributed by atoms with Gasteiger partial charge in [0.15, 0.2) is 5.13 Å². The second-order valence-corrected chi connectivity index (χ2v) is 4.58. The van der Waals surface area contributed by atoms with E-state index in [1.807, 2.05) is 29.6 Å². The summed E-state index contributed by atoms with van der Waals surface area (Å²) < 4.78 is 5.22. The van der Waals surface area contributed by atoms with Gasteiger partial charge in [-0.1, -0.05) is 24.3 Å². The molecule has 0 bridgehead atoms. The molecule has 18 heavy (non-hydrogen) atoms. The van der Waals surface area contributed by atoms with Crippen LogP contribution in [0.15, 0.2) is 29.6 Å². The van der Waals surface area contributed by atoms with Crippen molar-refractivity contribution in [1.29, 1.82) is 0 Å². The van der Waals surface area contributed by atoms with Crippen LogP contribution in [-0.2, 0) is 16.1 Å². The van der Waals surface area contributed by atoms with Crippen LogP contribution in [0, 0.1) is 0 Å². The SMILES string of the molecule is NC(=O)COCc1ccccc1-c1csc(N)n1. The lowest BCUT2D eigenvalue weighted by molar-refractivity contribution is -0.122. The molecule has 0 fully saturated rings. The first-order valence-corrected chi connectivity index (χ1v) is 6.20. The Labute approximate surface area is 108 Å². The van der Waals surface area contributed by atoms with E-state index < -0.39 is 5.91 Å². The van der Waals surface area contributed by atoms with E-state index in [1.165, 1.54) is 11.3 Å². The van der Waals surface area contributed by atoms with Crippen LogP contribution < -0.4 is 11.5 Å². The number of thiazole rings is 1. The standard InChI is InChI=1S/C12H13N3O2S/c13-11(16)6-17-5-8-3-1-2-4-9(8)10-7-18-12(14)15-10/h1-4,7H,5-6H2,(H2,13,16)(H2,14,15). The topological polar surface area (TPSA) is 91.2 Å². The summed E-state index contributed by atoms with van der Waals surface area (Å²) in [4.78, 5) is 14.9. The maximum Gasteiger partial charge on any atom is 0.243 e. The molecule has 0 aliphatic carbocycles. The lowest BCUT2D eigenvalue weighted by Gasteiger charge is -2.07. The summed E-state index contributed by atoms with van der Waals surface area (Å²) in [5.74, 6) is -0.481. The Balaban J connectivity index is 2.18. The van der Waals surface area contributed by atoms with Crippen molar-refractivity contribution >= 4 is 22.4 Å². The molecule has 0 unspecified atom stereocenters. The number of anilines is 1. The van der Waals surface area contributed by atoms with Crippen molar-refractivity contribution in [3.63, 3.8) is 0 Å². The summed E-state index contributed by atoms with van der Waals surface area (Å²) in [5.41, 5.74) is 13.4. The van der Waals surface area contributed by atoms with Gasteiger partial charge in [-0.25, -0.2) is 4.98 Å². The average molecular weight is 263 g/mol. The normalized spacial score (nSPS) is 10.4. The number of rotatable bonds is 5. The van der Waals surface area contributed by atoms with E-state index in [4.69, 9.17) is 16.2 Å². The number of hydrogen-bond acceptors (Lipinski definition) is 5. The van der Waals surface area contributed by atoms with Crippen molar-refractivity contribution in [2.24, 2.45) is 5.73 Å². The highest BCUT2D eigenvalue weighted by molar-refractivity contribution is 7.13. The van der Waals surface area contributed by atoms with Gasteiger partial charge in [-0.3, -0.25) is 4.79 Å². The molecule has 94 valence electrons. The average Bonchev–Trinajstić information content (AvgIpc) is 2.76. The minimum atomic E-state index is -0.481. The summed E-state index contributed by atoms with van der Waals surface area (Å²) >= 11 is 1.39. The number of carbonyl (C=O) groups excluding carboxylic acids is 1. The first kappa shape index (κ1) is 12.5. The van der Waals surface area contributed by atoms with Gasteiger partial charge in [-0.2, -0.15) is 0 Å². The molecule has 0 saturated carbocycles. The molecule has 6 heteroatoms. The zero-order valence-electron chi connectivity index (χ0n) is 9.63. The molecule has 1 aromatic carbocycles. The third-order valence-electron chi connectivity index (χ3n) is 2.32. The molecule has 0 spiro atoms. The molecule has 2 aromatic rings. The third-order valence-corrected chi connectivity index (χ3v) is 2.99. The smallest absolute Gasteiger partial charge is 0.243 e. The van der Waals surface area contributed by atoms with E-state index in [1.54, 1.807) is 0 Å². The third kappa shape index (κ3) is 3.06. The van der Waals surface area contributed by atoms with Gasteiger partial charge in [-0.15, -0.1) is 11.3 Å². The number of nitrogens with two attached hydrogens (primary N) is 2. The van der Waals surface area contributed by atoms with Crippen LogP contribution in [0.1, 0.15) is 5.56 Å². The molecule has 4 N–H and O–H groups in total. The summed E-state index contributed by atoms with van der Waals surface area (Å²) in [6, 6.07) is 7.69. The molecule has 0 radical (unpaired) electrons. The van der Waals surface area contributed by atoms with Gasteiger partial charge in [0.25, 0.3) is 0 Å². The molecule has 0 atom stereocenters. The lowest BCUT2D eigenvalue weighted by atomic mass is 10.1. The Morgan fingerprint density at radius 1 is 1.39 bits per heavy atom. The summed E-state index contributed by atoms with van der Waals surface area (Å²) in [6.45, 7) is 0.226. The van der Waals surface area contributed by atoms with E-state index in [-0.39, 0.29) is 6.61 Å². The minimum Gasteiger partial charge on any atom is -0.375 e. The predicted octanol–water partition coefficient (Wildman–Crippen LogP) is 1.39. The van der Waals surface area contributed by atoms with Crippen LogP contribution in [0.25, 0.3) is 11.3 Å². The first-order chi connectivity index (χ1) is 8.66. The highest BCUT2D eigenvalue weighted by Crippen LogP contribution is 2.26. The van der Waals surface area contributed by atoms with Gasteiger partial charge in [-0.05, 0) is 5.56 Å². The van der Waals surface area contributed by atoms with Crippen LogP contribution >= 0.6 is 11.3 Å². The Morgan fingerprint density at radius 3 is 2.83 bits per heavy atom. The number of primary amides is 1. The number of amides is 1. The maximum absolute atomic E-state index is 10.6. The highest BCUT2D eigenvalue weighted by atomic mass is 32.1. The van der Waals surface area contributed by atoms with E-state index in [2.05, 4.69) is 4.98 Å². The predicted molar refractivity (Wildman–Crippen MR) is 70.8 cm³/mol. The molecule has 1 heterocycles. The molecule has 0 aliphatic rings. The number of hydrogen-bond donors (Lipinski definition) is 2. The van der Waals surface area contributed by atoms with Crippen molar-refractivity contribution in [3.05, 3.63) is 35.2 Å². The maximum atomic E-state index is 10.6. The van der Waals surface area contributed by atoms with E-state index >= 15 is 0 Å². The van der Waals surface area contributed by atoms with Crippen molar-refractivity contribution in [2.75, 3.05) is 12.3 Å². The number of ether oxygens (including phenoxy) is 1. The van der Waals surface area contributed by atoms with Crippen molar-refractivity contribution in [2.45, 2.75) is 6.61 Å².